The van der Waals surface area contributed by atoms with Crippen LogP contribution in [-0.2, 0) is 13.8 Å². The first-order chi connectivity index (χ1) is 14.5. The number of amides is 1. The van der Waals surface area contributed by atoms with E-state index in [1.807, 2.05) is 0 Å². The van der Waals surface area contributed by atoms with E-state index in [2.05, 4.69) is 20.3 Å². The monoisotopic (exact) mass is 434 g/mol. The molecule has 1 unspecified atom stereocenters. The zero-order valence-electron chi connectivity index (χ0n) is 15.3. The van der Waals surface area contributed by atoms with Crippen LogP contribution >= 0.6 is 8.25 Å². The Bertz CT molecular complexity index is 1080. The first kappa shape index (κ1) is 20.4. The van der Waals surface area contributed by atoms with Crippen molar-refractivity contribution in [2.45, 2.75) is 24.5 Å². The van der Waals surface area contributed by atoms with Gasteiger partial charge in [-0.3, -0.25) is 9.36 Å². The number of carbonyl (C=O) groups excluding carboxylic acids is 1. The fourth-order valence-electron chi connectivity index (χ4n) is 3.23. The number of imidazole rings is 1. The Kier molecular flexibility index (Phi) is 5.77. The van der Waals surface area contributed by atoms with Crippen molar-refractivity contribution < 1.29 is 33.7 Å². The fraction of sp³-hybridized carbons (Fsp3) is 0.294. The van der Waals surface area contributed by atoms with Crippen molar-refractivity contribution in [2.75, 3.05) is 11.9 Å². The van der Waals surface area contributed by atoms with E-state index in [1.165, 1.54) is 17.2 Å². The van der Waals surface area contributed by atoms with Crippen LogP contribution in [0.1, 0.15) is 16.6 Å². The van der Waals surface area contributed by atoms with Gasteiger partial charge in [0.05, 0.1) is 12.9 Å². The Labute approximate surface area is 170 Å². The minimum absolute atomic E-state index is 0.157. The number of hydrogen-bond donors (Lipinski definition) is 4. The molecular formula is C17H17N5O7P+. The van der Waals surface area contributed by atoms with E-state index in [4.69, 9.17) is 14.2 Å². The van der Waals surface area contributed by atoms with Crippen molar-refractivity contribution in [1.29, 1.82) is 0 Å². The van der Waals surface area contributed by atoms with Crippen LogP contribution in [0, 0.1) is 0 Å². The topological polar surface area (TPSA) is 169 Å². The second-order valence-electron chi connectivity index (χ2n) is 6.41. The minimum Gasteiger partial charge on any atom is -0.394 e. The molecule has 1 saturated heterocycles. The summed E-state index contributed by atoms with van der Waals surface area (Å²) in [4.78, 5) is 33.8. The van der Waals surface area contributed by atoms with Gasteiger partial charge in [0, 0.05) is 10.1 Å². The number of ether oxygens (including phenoxy) is 1. The Hall–Kier alpha value is -2.86. The molecule has 4 N–H and O–H groups in total. The van der Waals surface area contributed by atoms with Crippen LogP contribution in [0.5, 0.6) is 0 Å². The number of benzene rings is 1. The Morgan fingerprint density at radius 1 is 1.27 bits per heavy atom. The molecule has 1 aliphatic heterocycles. The number of nitrogens with zero attached hydrogens (tertiary/aromatic N) is 4. The van der Waals surface area contributed by atoms with E-state index in [0.29, 0.717) is 5.56 Å². The summed E-state index contributed by atoms with van der Waals surface area (Å²) < 4.78 is 22.8. The largest absolute Gasteiger partial charge is 0.695 e. The smallest absolute Gasteiger partial charge is 0.394 e. The second kappa shape index (κ2) is 8.48. The lowest BCUT2D eigenvalue weighted by atomic mass is 10.1. The van der Waals surface area contributed by atoms with Crippen molar-refractivity contribution in [3.05, 3.63) is 48.5 Å². The minimum atomic E-state index is -3.02. The molecule has 4 rings (SSSR count). The third kappa shape index (κ3) is 3.79. The summed E-state index contributed by atoms with van der Waals surface area (Å²) in [7, 11) is -3.02. The lowest BCUT2D eigenvalue weighted by Gasteiger charge is -2.16. The number of aliphatic hydroxyl groups is 2. The van der Waals surface area contributed by atoms with E-state index < -0.39 is 39.4 Å². The van der Waals surface area contributed by atoms with Gasteiger partial charge in [0.2, 0.25) is 0 Å². The van der Waals surface area contributed by atoms with E-state index >= 15 is 0 Å². The highest BCUT2D eigenvalue weighted by atomic mass is 31.1. The van der Waals surface area contributed by atoms with Gasteiger partial charge in [0.25, 0.3) is 5.91 Å². The highest BCUT2D eigenvalue weighted by molar-refractivity contribution is 7.32. The maximum absolute atomic E-state index is 12.4. The van der Waals surface area contributed by atoms with E-state index in [1.54, 1.807) is 30.3 Å². The Morgan fingerprint density at radius 2 is 2.03 bits per heavy atom. The molecular weight excluding hydrogens is 417 g/mol. The SMILES string of the molecule is O=C(Nc1ncnc2c1ncn2[C@@H]1O[C@H](CO)[C@@H](O[P+](=O)O)[C@H]1O)c1ccccc1. The van der Waals surface area contributed by atoms with Gasteiger partial charge in [-0.2, -0.15) is 0 Å². The molecule has 0 saturated carbocycles. The molecule has 2 aromatic heterocycles. The van der Waals surface area contributed by atoms with Gasteiger partial charge in [-0.25, -0.2) is 15.0 Å². The Morgan fingerprint density at radius 3 is 2.73 bits per heavy atom. The van der Waals surface area contributed by atoms with Gasteiger partial charge in [-0.05, 0) is 12.1 Å². The van der Waals surface area contributed by atoms with Crippen molar-refractivity contribution in [2.24, 2.45) is 0 Å². The number of carbonyl (C=O) groups is 1. The van der Waals surface area contributed by atoms with E-state index in [9.17, 15) is 19.6 Å². The fourth-order valence-corrected chi connectivity index (χ4v) is 3.70. The zero-order valence-corrected chi connectivity index (χ0v) is 16.2. The van der Waals surface area contributed by atoms with Crippen LogP contribution in [0.25, 0.3) is 11.2 Å². The van der Waals surface area contributed by atoms with Crippen LogP contribution in [-0.4, -0.2) is 65.5 Å². The summed E-state index contributed by atoms with van der Waals surface area (Å²) in [6, 6.07) is 8.55. The zero-order chi connectivity index (χ0) is 21.3. The highest BCUT2D eigenvalue weighted by Crippen LogP contribution is 2.37. The molecule has 12 nitrogen and oxygen atoms in total. The van der Waals surface area contributed by atoms with Gasteiger partial charge in [0.15, 0.2) is 29.3 Å². The van der Waals surface area contributed by atoms with Crippen LogP contribution in [0.2, 0.25) is 0 Å². The predicted molar refractivity (Wildman–Crippen MR) is 101 cm³/mol. The third-order valence-electron chi connectivity index (χ3n) is 4.60. The number of nitrogens with one attached hydrogen (secondary N) is 1. The maximum Gasteiger partial charge on any atom is 0.695 e. The van der Waals surface area contributed by atoms with Crippen molar-refractivity contribution in [3.8, 4) is 0 Å². The lowest BCUT2D eigenvalue weighted by Crippen LogP contribution is -2.34. The van der Waals surface area contributed by atoms with Gasteiger partial charge in [-0.1, -0.05) is 18.2 Å². The number of fused-ring (bicyclic) bond motifs is 1. The third-order valence-corrected chi connectivity index (χ3v) is 5.03. The van der Waals surface area contributed by atoms with Crippen LogP contribution in [0.3, 0.4) is 0 Å². The average molecular weight is 434 g/mol. The van der Waals surface area contributed by atoms with E-state index in [-0.39, 0.29) is 22.9 Å². The number of rotatable bonds is 6. The summed E-state index contributed by atoms with van der Waals surface area (Å²) >= 11 is 0. The maximum atomic E-state index is 12.4. The molecule has 0 spiro atoms. The van der Waals surface area contributed by atoms with Gasteiger partial charge >= 0.3 is 8.25 Å². The molecule has 1 aliphatic rings. The van der Waals surface area contributed by atoms with Crippen LogP contribution in [0.4, 0.5) is 5.82 Å². The second-order valence-corrected chi connectivity index (χ2v) is 7.10. The molecule has 30 heavy (non-hydrogen) atoms. The predicted octanol–water partition coefficient (Wildman–Crippen LogP) is 0.364. The van der Waals surface area contributed by atoms with E-state index in [0.717, 1.165) is 0 Å². The quantitative estimate of drug-likeness (QED) is 0.398. The van der Waals surface area contributed by atoms with Crippen LogP contribution < -0.4 is 5.32 Å². The molecule has 0 bridgehead atoms. The number of aromatic nitrogens is 4. The summed E-state index contributed by atoms with van der Waals surface area (Å²) in [5.74, 6) is -0.229. The number of hydrogen-bond acceptors (Lipinski definition) is 9. The molecule has 1 amide bonds. The van der Waals surface area contributed by atoms with Crippen LogP contribution in [0.15, 0.2) is 43.0 Å². The molecule has 156 valence electrons. The molecule has 5 atom stereocenters. The lowest BCUT2D eigenvalue weighted by molar-refractivity contribution is -0.0504. The molecule has 1 fully saturated rings. The van der Waals surface area contributed by atoms with Crippen molar-refractivity contribution in [1.82, 2.24) is 19.5 Å². The van der Waals surface area contributed by atoms with Crippen molar-refractivity contribution in [3.63, 3.8) is 0 Å². The average Bonchev–Trinajstić information content (AvgIpc) is 3.30. The first-order valence-corrected chi connectivity index (χ1v) is 9.94. The van der Waals surface area contributed by atoms with Gasteiger partial charge in [0.1, 0.15) is 18.5 Å². The summed E-state index contributed by atoms with van der Waals surface area (Å²) in [6.45, 7) is -0.540. The molecule has 1 aromatic carbocycles. The normalized spacial score (nSPS) is 24.2. The summed E-state index contributed by atoms with van der Waals surface area (Å²) in [5, 5.41) is 22.7. The Balaban J connectivity index is 1.63. The highest BCUT2D eigenvalue weighted by Gasteiger charge is 2.50. The van der Waals surface area contributed by atoms with Gasteiger partial charge in [-0.15, -0.1) is 9.42 Å². The number of anilines is 1. The van der Waals surface area contributed by atoms with Crippen molar-refractivity contribution >= 4 is 31.1 Å². The molecule has 13 heteroatoms. The number of aliphatic hydroxyl groups excluding tert-OH is 2. The molecule has 3 heterocycles. The molecule has 0 aliphatic carbocycles. The summed E-state index contributed by atoms with van der Waals surface area (Å²) in [5.41, 5.74) is 0.918. The molecule has 3 aromatic rings. The van der Waals surface area contributed by atoms with Gasteiger partial charge < -0.3 is 20.3 Å². The standard InChI is InChI=1S/C17H16N5O7P/c23-6-10-13(29-30(26)27)12(24)17(28-10)22-8-20-11-14(18-7-19-15(11)22)21-16(25)9-4-2-1-3-5-9/h1-5,7-8,10,12-13,17,23-24H,6H2,(H-,18,19,21,25,26,27)/p+1/t10-,12-,13-,17-/m1/s1. The molecule has 0 radical (unpaired) electrons. The summed E-state index contributed by atoms with van der Waals surface area (Å²) in [6.07, 6.45) is -2.22. The first-order valence-electron chi connectivity index (χ1n) is 8.81.